The normalized spacial score (nSPS) is 11.0. The van der Waals surface area contributed by atoms with E-state index >= 15 is 0 Å². The number of nitrogens with zero attached hydrogens (tertiary/aromatic N) is 1. The zero-order valence-corrected chi connectivity index (χ0v) is 20.9. The van der Waals surface area contributed by atoms with Crippen LogP contribution in [0.4, 0.5) is 11.4 Å². The molecule has 2 aromatic carbocycles. The maximum Gasteiger partial charge on any atom is 0.325 e. The number of hydrogen-bond donors (Lipinski definition) is 3. The molecule has 0 unspecified atom stereocenters. The Balaban J connectivity index is 2.01. The van der Waals surface area contributed by atoms with E-state index in [0.29, 0.717) is 29.5 Å². The van der Waals surface area contributed by atoms with Crippen LogP contribution in [0.2, 0.25) is 0 Å². The van der Waals surface area contributed by atoms with Gasteiger partial charge in [-0.25, -0.2) is 13.2 Å². The molecule has 0 radical (unpaired) electrons. The van der Waals surface area contributed by atoms with E-state index in [1.807, 2.05) is 4.98 Å². The number of H-pyrrole nitrogens is 2. The van der Waals surface area contributed by atoms with E-state index in [9.17, 15) is 22.8 Å². The Morgan fingerprint density at radius 2 is 1.67 bits per heavy atom. The van der Waals surface area contributed by atoms with Gasteiger partial charge in [0.1, 0.15) is 12.3 Å². The van der Waals surface area contributed by atoms with Crippen LogP contribution in [0.1, 0.15) is 12.6 Å². The molecule has 13 heteroatoms. The fourth-order valence-electron chi connectivity index (χ4n) is 3.44. The van der Waals surface area contributed by atoms with E-state index in [1.165, 1.54) is 51.5 Å². The largest absolute Gasteiger partial charge is 0.494 e. The highest BCUT2D eigenvalue weighted by Gasteiger charge is 2.32. The highest BCUT2D eigenvalue weighted by molar-refractivity contribution is 7.92. The van der Waals surface area contributed by atoms with E-state index in [-0.39, 0.29) is 11.4 Å². The first kappa shape index (κ1) is 26.3. The van der Waals surface area contributed by atoms with E-state index in [2.05, 4.69) is 10.3 Å². The molecule has 3 rings (SSSR count). The molecule has 0 aliphatic carbocycles. The lowest BCUT2D eigenvalue weighted by molar-refractivity contribution is -0.114. The Hall–Kier alpha value is -4.26. The maximum absolute atomic E-state index is 13.6. The van der Waals surface area contributed by atoms with Gasteiger partial charge in [0, 0.05) is 17.4 Å². The fraction of sp³-hybridized carbons (Fsp3) is 0.261. The summed E-state index contributed by atoms with van der Waals surface area (Å²) in [6.07, 6.45) is 0. The van der Waals surface area contributed by atoms with Crippen LogP contribution in [-0.2, 0) is 14.8 Å². The van der Waals surface area contributed by atoms with Gasteiger partial charge < -0.3 is 24.5 Å². The number of aromatic nitrogens is 2. The van der Waals surface area contributed by atoms with Crippen LogP contribution in [0.3, 0.4) is 0 Å². The number of rotatable bonds is 10. The first-order chi connectivity index (χ1) is 17.1. The van der Waals surface area contributed by atoms with Crippen molar-refractivity contribution in [3.63, 3.8) is 0 Å². The number of methoxy groups -OCH3 is 2. The quantitative estimate of drug-likeness (QED) is 0.365. The second kappa shape index (κ2) is 11.0. The van der Waals surface area contributed by atoms with Crippen molar-refractivity contribution < 1.29 is 27.4 Å². The number of anilines is 2. The van der Waals surface area contributed by atoms with Crippen molar-refractivity contribution in [3.8, 4) is 17.2 Å². The lowest BCUT2D eigenvalue weighted by Gasteiger charge is -2.24. The summed E-state index contributed by atoms with van der Waals surface area (Å²) in [4.78, 5) is 40.5. The van der Waals surface area contributed by atoms with Crippen molar-refractivity contribution in [1.29, 1.82) is 0 Å². The first-order valence-corrected chi connectivity index (χ1v) is 12.1. The van der Waals surface area contributed by atoms with E-state index in [4.69, 9.17) is 14.2 Å². The number of aromatic amines is 2. The van der Waals surface area contributed by atoms with Crippen LogP contribution in [0, 0.1) is 6.92 Å². The molecule has 0 saturated carbocycles. The highest BCUT2D eigenvalue weighted by atomic mass is 32.2. The Bertz CT molecular complexity index is 1460. The number of carbonyl (C=O) groups is 1. The van der Waals surface area contributed by atoms with Crippen molar-refractivity contribution in [3.05, 3.63) is 69.0 Å². The topological polar surface area (TPSA) is 160 Å². The SMILES string of the molecule is CCOc1ccc(N(CC(=O)Nc2ccc(OC)c(OC)c2)S(=O)(=O)c2c(C)[nH]c(=O)[nH]c2=O)cc1. The van der Waals surface area contributed by atoms with Crippen molar-refractivity contribution in [2.24, 2.45) is 0 Å². The van der Waals surface area contributed by atoms with Gasteiger partial charge in [0.05, 0.1) is 26.5 Å². The van der Waals surface area contributed by atoms with Crippen LogP contribution in [0.25, 0.3) is 0 Å². The monoisotopic (exact) mass is 518 g/mol. The second-order valence-electron chi connectivity index (χ2n) is 7.42. The number of benzene rings is 2. The summed E-state index contributed by atoms with van der Waals surface area (Å²) in [5.74, 6) is 0.605. The van der Waals surface area contributed by atoms with Crippen molar-refractivity contribution in [2.75, 3.05) is 37.0 Å². The van der Waals surface area contributed by atoms with Gasteiger partial charge in [0.2, 0.25) is 5.91 Å². The predicted octanol–water partition coefficient (Wildman–Crippen LogP) is 1.62. The van der Waals surface area contributed by atoms with Gasteiger partial charge in [-0.05, 0) is 50.2 Å². The highest BCUT2D eigenvalue weighted by Crippen LogP contribution is 2.30. The standard InChI is InChI=1S/C23H26N4O8S/c1-5-35-17-9-7-16(8-10-17)27(36(31,32)21-14(2)24-23(30)26-22(21)29)13-20(28)25-15-6-11-18(33-3)19(12-15)34-4/h6-12H,5,13H2,1-4H3,(H,25,28)(H2,24,26,29,30). The minimum absolute atomic E-state index is 0.103. The lowest BCUT2D eigenvalue weighted by atomic mass is 10.2. The summed E-state index contributed by atoms with van der Waals surface area (Å²) in [5.41, 5.74) is -1.69. The maximum atomic E-state index is 13.6. The average Bonchev–Trinajstić information content (AvgIpc) is 2.82. The summed E-state index contributed by atoms with van der Waals surface area (Å²) >= 11 is 0. The third-order valence-electron chi connectivity index (χ3n) is 5.01. The molecule has 0 spiro atoms. The molecule has 36 heavy (non-hydrogen) atoms. The van der Waals surface area contributed by atoms with E-state index in [1.54, 1.807) is 19.1 Å². The molecule has 12 nitrogen and oxygen atoms in total. The Labute approximate surface area is 206 Å². The second-order valence-corrected chi connectivity index (χ2v) is 9.22. The van der Waals surface area contributed by atoms with Gasteiger partial charge >= 0.3 is 5.69 Å². The van der Waals surface area contributed by atoms with Gasteiger partial charge in [0.15, 0.2) is 16.4 Å². The molecular formula is C23H26N4O8S. The van der Waals surface area contributed by atoms with Crippen molar-refractivity contribution in [2.45, 2.75) is 18.7 Å². The van der Waals surface area contributed by atoms with Crippen LogP contribution in [-0.4, -0.2) is 51.7 Å². The fourth-order valence-corrected chi connectivity index (χ4v) is 5.07. The summed E-state index contributed by atoms with van der Waals surface area (Å²) < 4.78 is 43.8. The van der Waals surface area contributed by atoms with E-state index < -0.39 is 38.6 Å². The Kier molecular flexibility index (Phi) is 8.04. The molecule has 0 fully saturated rings. The molecule has 0 aliphatic heterocycles. The third-order valence-corrected chi connectivity index (χ3v) is 6.94. The van der Waals surface area contributed by atoms with Gasteiger partial charge in [-0.1, -0.05) is 0 Å². The molecule has 0 saturated heterocycles. The van der Waals surface area contributed by atoms with Gasteiger partial charge in [-0.2, -0.15) is 0 Å². The Morgan fingerprint density at radius 1 is 1.00 bits per heavy atom. The van der Waals surface area contributed by atoms with Gasteiger partial charge in [-0.3, -0.25) is 18.9 Å². The molecule has 1 amide bonds. The predicted molar refractivity (Wildman–Crippen MR) is 133 cm³/mol. The van der Waals surface area contributed by atoms with Crippen LogP contribution in [0.15, 0.2) is 56.9 Å². The van der Waals surface area contributed by atoms with E-state index in [0.717, 1.165) is 4.31 Å². The smallest absolute Gasteiger partial charge is 0.325 e. The van der Waals surface area contributed by atoms with Gasteiger partial charge in [0.25, 0.3) is 15.6 Å². The summed E-state index contributed by atoms with van der Waals surface area (Å²) in [7, 11) is -1.69. The number of sulfonamides is 1. The summed E-state index contributed by atoms with van der Waals surface area (Å²) in [6.45, 7) is 2.81. The first-order valence-electron chi connectivity index (χ1n) is 10.7. The average molecular weight is 519 g/mol. The summed E-state index contributed by atoms with van der Waals surface area (Å²) in [5, 5.41) is 2.61. The number of aryl methyl sites for hydroxylation is 1. The molecule has 1 aromatic heterocycles. The molecule has 0 bridgehead atoms. The zero-order valence-electron chi connectivity index (χ0n) is 20.1. The molecular weight excluding hydrogens is 492 g/mol. The third kappa shape index (κ3) is 5.68. The molecule has 0 aliphatic rings. The van der Waals surface area contributed by atoms with Crippen LogP contribution >= 0.6 is 0 Å². The minimum Gasteiger partial charge on any atom is -0.494 e. The van der Waals surface area contributed by atoms with Crippen molar-refractivity contribution >= 4 is 27.3 Å². The number of ether oxygens (including phenoxy) is 3. The number of amides is 1. The molecule has 1 heterocycles. The van der Waals surface area contributed by atoms with Crippen LogP contribution in [0.5, 0.6) is 17.2 Å². The van der Waals surface area contributed by atoms with Crippen molar-refractivity contribution in [1.82, 2.24) is 9.97 Å². The number of carbonyl (C=O) groups excluding carboxylic acids is 1. The zero-order chi connectivity index (χ0) is 26.5. The van der Waals surface area contributed by atoms with Crippen LogP contribution < -0.4 is 35.1 Å². The molecule has 3 aromatic rings. The summed E-state index contributed by atoms with van der Waals surface area (Å²) in [6, 6.07) is 10.6. The van der Waals surface area contributed by atoms with Gasteiger partial charge in [-0.15, -0.1) is 0 Å². The minimum atomic E-state index is -4.60. The lowest BCUT2D eigenvalue weighted by Crippen LogP contribution is -2.42. The molecule has 192 valence electrons. The molecule has 0 atom stereocenters. The number of hydrogen-bond acceptors (Lipinski definition) is 8. The molecule has 3 N–H and O–H groups in total. The Morgan fingerprint density at radius 3 is 2.25 bits per heavy atom. The number of nitrogens with one attached hydrogen (secondary N) is 3.